The number of aryl methyl sites for hydroxylation is 1. The summed E-state index contributed by atoms with van der Waals surface area (Å²) in [5.41, 5.74) is 0.526. The van der Waals surface area contributed by atoms with E-state index in [1.165, 1.54) is 11.8 Å². The van der Waals surface area contributed by atoms with Gasteiger partial charge in [0.05, 0.1) is 18.1 Å². The monoisotopic (exact) mass is 447 g/mol. The lowest BCUT2D eigenvalue weighted by atomic mass is 10.3. The normalized spacial score (nSPS) is 10.6. The Balaban J connectivity index is 1.52. The molecule has 0 aliphatic heterocycles. The second-order valence-corrected chi connectivity index (χ2v) is 7.99. The molecule has 11 heteroatoms. The van der Waals surface area contributed by atoms with Gasteiger partial charge in [-0.2, -0.15) is 0 Å². The molecule has 2 aromatic heterocycles. The molecule has 1 amide bonds. The average Bonchev–Trinajstić information content (AvgIpc) is 3.27. The zero-order valence-corrected chi connectivity index (χ0v) is 18.4. The summed E-state index contributed by atoms with van der Waals surface area (Å²) < 4.78 is 12.5. The molecule has 0 saturated heterocycles. The van der Waals surface area contributed by atoms with E-state index in [1.54, 1.807) is 18.4 Å². The van der Waals surface area contributed by atoms with E-state index in [0.29, 0.717) is 26.7 Å². The van der Waals surface area contributed by atoms with Gasteiger partial charge in [-0.15, -0.1) is 10.2 Å². The van der Waals surface area contributed by atoms with E-state index < -0.39 is 5.97 Å². The van der Waals surface area contributed by atoms with E-state index in [4.69, 9.17) is 9.47 Å². The van der Waals surface area contributed by atoms with Crippen molar-refractivity contribution in [2.24, 2.45) is 7.05 Å². The van der Waals surface area contributed by atoms with Gasteiger partial charge in [0.2, 0.25) is 5.91 Å². The first-order valence-electron chi connectivity index (χ1n) is 9.11. The quantitative estimate of drug-likeness (QED) is 0.394. The highest BCUT2D eigenvalue weighted by atomic mass is 32.2. The lowest BCUT2D eigenvalue weighted by Gasteiger charge is -2.06. The van der Waals surface area contributed by atoms with Gasteiger partial charge in [-0.1, -0.05) is 41.3 Å². The van der Waals surface area contributed by atoms with Crippen molar-refractivity contribution in [3.63, 3.8) is 0 Å². The molecular formula is C19H21N5O4S2. The minimum absolute atomic E-state index is 0.124. The Hall–Kier alpha value is -2.92. The number of benzene rings is 1. The fourth-order valence-electron chi connectivity index (χ4n) is 2.38. The second kappa shape index (κ2) is 10.2. The molecule has 3 aromatic rings. The third-order valence-electron chi connectivity index (χ3n) is 3.87. The van der Waals surface area contributed by atoms with E-state index in [0.717, 1.165) is 17.1 Å². The molecule has 0 spiro atoms. The molecule has 1 aromatic carbocycles. The van der Waals surface area contributed by atoms with Gasteiger partial charge in [-0.05, 0) is 26.0 Å². The summed E-state index contributed by atoms with van der Waals surface area (Å²) in [6.45, 7) is 3.99. The van der Waals surface area contributed by atoms with Crippen molar-refractivity contribution >= 4 is 40.1 Å². The van der Waals surface area contributed by atoms with Gasteiger partial charge in [0, 0.05) is 7.05 Å². The number of ether oxygens (including phenoxy) is 2. The van der Waals surface area contributed by atoms with Crippen LogP contribution in [0, 0.1) is 6.92 Å². The van der Waals surface area contributed by atoms with Crippen molar-refractivity contribution in [2.75, 3.05) is 17.7 Å². The van der Waals surface area contributed by atoms with Crippen molar-refractivity contribution in [1.29, 1.82) is 0 Å². The van der Waals surface area contributed by atoms with Crippen molar-refractivity contribution < 1.29 is 19.1 Å². The summed E-state index contributed by atoms with van der Waals surface area (Å²) in [5.74, 6) is 0.825. The highest BCUT2D eigenvalue weighted by molar-refractivity contribution is 7.99. The summed E-state index contributed by atoms with van der Waals surface area (Å²) in [6.07, 6.45) is 0. The van der Waals surface area contributed by atoms with Crippen LogP contribution >= 0.6 is 23.1 Å². The summed E-state index contributed by atoms with van der Waals surface area (Å²) in [5, 5.41) is 11.9. The number of anilines is 1. The number of rotatable bonds is 9. The first-order valence-corrected chi connectivity index (χ1v) is 10.9. The number of hydrogen-bond donors (Lipinski definition) is 1. The highest BCUT2D eigenvalue weighted by Crippen LogP contribution is 2.24. The molecule has 0 aliphatic rings. The van der Waals surface area contributed by atoms with E-state index in [1.807, 2.05) is 37.4 Å². The molecule has 0 saturated carbocycles. The predicted molar refractivity (Wildman–Crippen MR) is 114 cm³/mol. The number of para-hydroxylation sites is 1. The first kappa shape index (κ1) is 21.8. The number of hydrogen-bond acceptors (Lipinski definition) is 9. The van der Waals surface area contributed by atoms with E-state index in [2.05, 4.69) is 20.5 Å². The maximum absolute atomic E-state index is 12.3. The Labute approximate surface area is 181 Å². The van der Waals surface area contributed by atoms with E-state index >= 15 is 0 Å². The van der Waals surface area contributed by atoms with Crippen LogP contribution in [0.1, 0.15) is 28.1 Å². The fraction of sp³-hybridized carbons (Fsp3) is 0.316. The molecule has 0 fully saturated rings. The number of carbonyl (C=O) groups is 2. The predicted octanol–water partition coefficient (Wildman–Crippen LogP) is 3.07. The van der Waals surface area contributed by atoms with Crippen LogP contribution in [0.5, 0.6) is 5.75 Å². The molecule has 0 aliphatic carbocycles. The molecule has 2 heterocycles. The Morgan fingerprint density at radius 3 is 2.73 bits per heavy atom. The number of thiazole rings is 1. The number of aromatic nitrogens is 4. The van der Waals surface area contributed by atoms with Crippen LogP contribution < -0.4 is 10.1 Å². The molecule has 9 nitrogen and oxygen atoms in total. The molecule has 3 rings (SSSR count). The summed E-state index contributed by atoms with van der Waals surface area (Å²) in [4.78, 5) is 28.7. The largest absolute Gasteiger partial charge is 0.486 e. The van der Waals surface area contributed by atoms with Gasteiger partial charge in [-0.25, -0.2) is 9.78 Å². The number of esters is 1. The number of thioether (sulfide) groups is 1. The van der Waals surface area contributed by atoms with Crippen LogP contribution in [0.2, 0.25) is 0 Å². The summed E-state index contributed by atoms with van der Waals surface area (Å²) >= 11 is 2.34. The summed E-state index contributed by atoms with van der Waals surface area (Å²) in [7, 11) is 1.82. The second-order valence-electron chi connectivity index (χ2n) is 6.05. The van der Waals surface area contributed by atoms with Gasteiger partial charge < -0.3 is 19.4 Å². The molecular weight excluding hydrogens is 426 g/mol. The topological polar surface area (TPSA) is 108 Å². The smallest absolute Gasteiger partial charge is 0.350 e. The third-order valence-corrected chi connectivity index (χ3v) is 5.95. The van der Waals surface area contributed by atoms with Gasteiger partial charge in [-0.3, -0.25) is 4.79 Å². The van der Waals surface area contributed by atoms with Crippen molar-refractivity contribution in [3.05, 3.63) is 46.7 Å². The maximum Gasteiger partial charge on any atom is 0.350 e. The zero-order chi connectivity index (χ0) is 21.5. The van der Waals surface area contributed by atoms with Crippen molar-refractivity contribution in [2.45, 2.75) is 25.6 Å². The SMILES string of the molecule is CCOC(=O)c1sc(NC(=O)CSc2nnc(COc3ccccc3)n2C)nc1C. The standard InChI is InChI=1S/C19H21N5O4S2/c1-4-27-17(26)16-12(2)20-18(30-16)21-15(25)11-29-19-23-22-14(24(19)3)10-28-13-8-6-5-7-9-13/h5-9H,4,10-11H2,1-3H3,(H,20,21,25). The lowest BCUT2D eigenvalue weighted by molar-refractivity contribution is -0.113. The number of nitrogens with zero attached hydrogens (tertiary/aromatic N) is 4. The average molecular weight is 448 g/mol. The Bertz CT molecular complexity index is 1020. The number of nitrogens with one attached hydrogen (secondary N) is 1. The van der Waals surface area contributed by atoms with Gasteiger partial charge in [0.1, 0.15) is 17.2 Å². The maximum atomic E-state index is 12.3. The lowest BCUT2D eigenvalue weighted by Crippen LogP contribution is -2.14. The van der Waals surface area contributed by atoms with Crippen LogP contribution in [0.3, 0.4) is 0 Å². The molecule has 0 bridgehead atoms. The molecule has 0 unspecified atom stereocenters. The molecule has 0 atom stereocenters. The Kier molecular flexibility index (Phi) is 7.41. The summed E-state index contributed by atoms with van der Waals surface area (Å²) in [6, 6.07) is 9.44. The van der Waals surface area contributed by atoms with Crippen LogP contribution in [0.15, 0.2) is 35.5 Å². The van der Waals surface area contributed by atoms with Crippen molar-refractivity contribution in [3.8, 4) is 5.75 Å². The molecule has 0 radical (unpaired) electrons. The minimum Gasteiger partial charge on any atom is -0.486 e. The van der Waals surface area contributed by atoms with Gasteiger partial charge in [0.15, 0.2) is 16.1 Å². The van der Waals surface area contributed by atoms with Crippen LogP contribution in [0.25, 0.3) is 0 Å². The highest BCUT2D eigenvalue weighted by Gasteiger charge is 2.18. The third kappa shape index (κ3) is 5.57. The van der Waals surface area contributed by atoms with Gasteiger partial charge >= 0.3 is 5.97 Å². The molecule has 1 N–H and O–H groups in total. The molecule has 30 heavy (non-hydrogen) atoms. The fourth-order valence-corrected chi connectivity index (χ4v) is 3.99. The number of carbonyl (C=O) groups excluding carboxylic acids is 2. The Morgan fingerprint density at radius 1 is 1.23 bits per heavy atom. The van der Waals surface area contributed by atoms with Gasteiger partial charge in [0.25, 0.3) is 0 Å². The first-order chi connectivity index (χ1) is 14.5. The van der Waals surface area contributed by atoms with Crippen LogP contribution in [0.4, 0.5) is 5.13 Å². The Morgan fingerprint density at radius 2 is 2.00 bits per heavy atom. The van der Waals surface area contributed by atoms with Crippen LogP contribution in [-0.4, -0.2) is 44.0 Å². The van der Waals surface area contributed by atoms with Crippen molar-refractivity contribution in [1.82, 2.24) is 19.7 Å². The zero-order valence-electron chi connectivity index (χ0n) is 16.7. The number of amides is 1. The van der Waals surface area contributed by atoms with E-state index in [-0.39, 0.29) is 24.9 Å². The molecule has 158 valence electrons. The van der Waals surface area contributed by atoms with E-state index in [9.17, 15) is 9.59 Å². The van der Waals surface area contributed by atoms with Crippen LogP contribution in [-0.2, 0) is 23.2 Å². The minimum atomic E-state index is -0.438.